The molecule has 1 atom stereocenters. The Morgan fingerprint density at radius 3 is 2.94 bits per heavy atom. The molecule has 4 heteroatoms. The van der Waals surface area contributed by atoms with Crippen molar-refractivity contribution < 1.29 is 9.53 Å². The number of anilines is 2. The van der Waals surface area contributed by atoms with Crippen molar-refractivity contribution >= 4 is 17.3 Å². The number of ether oxygens (including phenoxy) is 1. The van der Waals surface area contributed by atoms with Crippen LogP contribution in [0.2, 0.25) is 0 Å². The van der Waals surface area contributed by atoms with Crippen LogP contribution in [-0.2, 0) is 4.79 Å². The van der Waals surface area contributed by atoms with Gasteiger partial charge in [0.05, 0.1) is 5.69 Å². The summed E-state index contributed by atoms with van der Waals surface area (Å²) in [5.74, 6) is 0.624. The Labute approximate surface area is 101 Å². The van der Waals surface area contributed by atoms with Crippen molar-refractivity contribution in [2.45, 2.75) is 20.0 Å². The number of carbonyl (C=O) groups excluding carboxylic acids is 1. The molecule has 90 valence electrons. The average molecular weight is 232 g/mol. The Kier molecular flexibility index (Phi) is 2.79. The second kappa shape index (κ2) is 4.13. The van der Waals surface area contributed by atoms with E-state index >= 15 is 0 Å². The molecule has 1 heterocycles. The minimum absolute atomic E-state index is 0.0638. The van der Waals surface area contributed by atoms with E-state index in [2.05, 4.69) is 6.58 Å². The van der Waals surface area contributed by atoms with E-state index in [1.54, 1.807) is 30.0 Å². The molecule has 1 aliphatic rings. The van der Waals surface area contributed by atoms with Gasteiger partial charge >= 0.3 is 0 Å². The summed E-state index contributed by atoms with van der Waals surface area (Å²) in [5, 5.41) is 0. The van der Waals surface area contributed by atoms with E-state index < -0.39 is 6.10 Å². The summed E-state index contributed by atoms with van der Waals surface area (Å²) in [5.41, 5.74) is 7.99. The lowest BCUT2D eigenvalue weighted by Crippen LogP contribution is -2.45. The normalized spacial score (nSPS) is 18.6. The lowest BCUT2D eigenvalue weighted by molar-refractivity contribution is -0.125. The molecule has 0 aromatic heterocycles. The van der Waals surface area contributed by atoms with Gasteiger partial charge in [-0.15, -0.1) is 0 Å². The molecule has 1 unspecified atom stereocenters. The maximum atomic E-state index is 12.1. The first-order valence-corrected chi connectivity index (χ1v) is 5.51. The van der Waals surface area contributed by atoms with E-state index in [1.165, 1.54) is 0 Å². The fourth-order valence-corrected chi connectivity index (χ4v) is 1.86. The molecule has 1 aromatic carbocycles. The monoisotopic (exact) mass is 232 g/mol. The van der Waals surface area contributed by atoms with Crippen LogP contribution in [0, 0.1) is 0 Å². The third kappa shape index (κ3) is 2.11. The molecule has 0 saturated carbocycles. The molecule has 0 radical (unpaired) electrons. The third-order valence-corrected chi connectivity index (χ3v) is 2.62. The number of carbonyl (C=O) groups is 1. The highest BCUT2D eigenvalue weighted by atomic mass is 16.5. The van der Waals surface area contributed by atoms with Crippen molar-refractivity contribution in [2.24, 2.45) is 0 Å². The highest BCUT2D eigenvalue weighted by Gasteiger charge is 2.31. The highest BCUT2D eigenvalue weighted by molar-refractivity contribution is 6.00. The highest BCUT2D eigenvalue weighted by Crippen LogP contribution is 2.35. The average Bonchev–Trinajstić information content (AvgIpc) is 2.25. The Bertz CT molecular complexity index is 482. The third-order valence-electron chi connectivity index (χ3n) is 2.62. The zero-order valence-corrected chi connectivity index (χ0v) is 10.1. The molecular weight excluding hydrogens is 216 g/mol. The van der Waals surface area contributed by atoms with E-state index in [9.17, 15) is 4.79 Å². The van der Waals surface area contributed by atoms with Gasteiger partial charge < -0.3 is 15.4 Å². The summed E-state index contributed by atoms with van der Waals surface area (Å²) in [6.45, 7) is 7.96. The van der Waals surface area contributed by atoms with Crippen LogP contribution in [0.3, 0.4) is 0 Å². The van der Waals surface area contributed by atoms with Crippen molar-refractivity contribution in [2.75, 3.05) is 17.2 Å². The van der Waals surface area contributed by atoms with Crippen LogP contribution in [0.25, 0.3) is 0 Å². The minimum Gasteiger partial charge on any atom is -0.479 e. The van der Waals surface area contributed by atoms with Gasteiger partial charge in [0.2, 0.25) is 0 Å². The molecule has 1 aromatic rings. The summed E-state index contributed by atoms with van der Waals surface area (Å²) in [4.78, 5) is 13.7. The zero-order chi connectivity index (χ0) is 12.6. The summed E-state index contributed by atoms with van der Waals surface area (Å²) in [6.07, 6.45) is -0.467. The molecule has 17 heavy (non-hydrogen) atoms. The fraction of sp³-hybridized carbons (Fsp3) is 0.308. The van der Waals surface area contributed by atoms with Gasteiger partial charge in [0.1, 0.15) is 5.75 Å². The molecule has 0 saturated heterocycles. The molecule has 0 bridgehead atoms. The lowest BCUT2D eigenvalue weighted by Gasteiger charge is -2.33. The quantitative estimate of drug-likeness (QED) is 0.626. The molecule has 0 spiro atoms. The van der Waals surface area contributed by atoms with E-state index in [1.807, 2.05) is 6.92 Å². The summed E-state index contributed by atoms with van der Waals surface area (Å²) in [7, 11) is 0. The van der Waals surface area contributed by atoms with Crippen LogP contribution >= 0.6 is 0 Å². The Morgan fingerprint density at radius 2 is 2.29 bits per heavy atom. The number of hydrogen-bond acceptors (Lipinski definition) is 3. The van der Waals surface area contributed by atoms with Crippen molar-refractivity contribution in [3.63, 3.8) is 0 Å². The fourth-order valence-electron chi connectivity index (χ4n) is 1.86. The minimum atomic E-state index is -0.467. The molecule has 1 aliphatic heterocycles. The summed E-state index contributed by atoms with van der Waals surface area (Å²) < 4.78 is 5.53. The van der Waals surface area contributed by atoms with Crippen molar-refractivity contribution in [1.82, 2.24) is 0 Å². The second-order valence-corrected chi connectivity index (χ2v) is 4.37. The van der Waals surface area contributed by atoms with Crippen LogP contribution in [0.15, 0.2) is 30.4 Å². The maximum absolute atomic E-state index is 12.1. The van der Waals surface area contributed by atoms with Crippen molar-refractivity contribution in [1.29, 1.82) is 0 Å². The number of nitrogen functional groups attached to an aromatic ring is 1. The largest absolute Gasteiger partial charge is 0.479 e. The molecule has 0 fully saturated rings. The maximum Gasteiger partial charge on any atom is 0.268 e. The first kappa shape index (κ1) is 11.5. The van der Waals surface area contributed by atoms with E-state index in [-0.39, 0.29) is 5.91 Å². The van der Waals surface area contributed by atoms with Gasteiger partial charge in [-0.2, -0.15) is 0 Å². The van der Waals surface area contributed by atoms with E-state index in [0.717, 1.165) is 11.3 Å². The SMILES string of the molecule is C=C(C)CN1C(=O)C(C)Oc2ccc(N)cc21. The molecule has 2 N–H and O–H groups in total. The summed E-state index contributed by atoms with van der Waals surface area (Å²) in [6, 6.07) is 5.31. The topological polar surface area (TPSA) is 55.6 Å². The molecule has 4 nitrogen and oxygen atoms in total. The number of hydrogen-bond donors (Lipinski definition) is 1. The van der Waals surface area contributed by atoms with Gasteiger partial charge in [-0.3, -0.25) is 4.79 Å². The van der Waals surface area contributed by atoms with Gasteiger partial charge in [-0.05, 0) is 32.0 Å². The number of rotatable bonds is 2. The predicted octanol–water partition coefficient (Wildman–Crippen LogP) is 1.96. The summed E-state index contributed by atoms with van der Waals surface area (Å²) >= 11 is 0. The van der Waals surface area contributed by atoms with Gasteiger partial charge in [-0.25, -0.2) is 0 Å². The first-order chi connectivity index (χ1) is 7.99. The second-order valence-electron chi connectivity index (χ2n) is 4.37. The number of benzene rings is 1. The van der Waals surface area contributed by atoms with Crippen LogP contribution in [0.1, 0.15) is 13.8 Å². The van der Waals surface area contributed by atoms with Gasteiger partial charge in [-0.1, -0.05) is 12.2 Å². The first-order valence-electron chi connectivity index (χ1n) is 5.51. The van der Waals surface area contributed by atoms with Gasteiger partial charge in [0.25, 0.3) is 5.91 Å². The molecule has 0 aliphatic carbocycles. The van der Waals surface area contributed by atoms with Crippen LogP contribution in [-0.4, -0.2) is 18.6 Å². The van der Waals surface area contributed by atoms with Gasteiger partial charge in [0, 0.05) is 12.2 Å². The van der Waals surface area contributed by atoms with E-state index in [0.29, 0.717) is 18.0 Å². The standard InChI is InChI=1S/C13H16N2O2/c1-8(2)7-15-11-6-10(14)4-5-12(11)17-9(3)13(15)16/h4-6,9H,1,7,14H2,2-3H3. The van der Waals surface area contributed by atoms with E-state index in [4.69, 9.17) is 10.5 Å². The van der Waals surface area contributed by atoms with Gasteiger partial charge in [0.15, 0.2) is 6.10 Å². The Hall–Kier alpha value is -1.97. The van der Waals surface area contributed by atoms with Crippen LogP contribution < -0.4 is 15.4 Å². The number of nitrogens with zero attached hydrogens (tertiary/aromatic N) is 1. The predicted molar refractivity (Wildman–Crippen MR) is 68.1 cm³/mol. The number of amides is 1. The smallest absolute Gasteiger partial charge is 0.268 e. The molecule has 2 rings (SSSR count). The van der Waals surface area contributed by atoms with Crippen molar-refractivity contribution in [3.8, 4) is 5.75 Å². The Balaban J connectivity index is 2.46. The number of fused-ring (bicyclic) bond motifs is 1. The van der Waals surface area contributed by atoms with Crippen molar-refractivity contribution in [3.05, 3.63) is 30.4 Å². The number of nitrogens with two attached hydrogens (primary N) is 1. The Morgan fingerprint density at radius 1 is 1.59 bits per heavy atom. The zero-order valence-electron chi connectivity index (χ0n) is 10.1. The van der Waals surface area contributed by atoms with Crippen LogP contribution in [0.5, 0.6) is 5.75 Å². The lowest BCUT2D eigenvalue weighted by atomic mass is 10.1. The molecular formula is C13H16N2O2. The molecule has 1 amide bonds. The van der Waals surface area contributed by atoms with Crippen LogP contribution in [0.4, 0.5) is 11.4 Å².